The maximum Gasteiger partial charge on any atom is 0.307 e. The number of carbonyl (C=O) groups is 3. The van der Waals surface area contributed by atoms with Crippen LogP contribution in [-0.2, 0) is 21.5 Å². The number of aliphatic carboxylic acids is 1. The van der Waals surface area contributed by atoms with E-state index >= 15 is 4.39 Å². The molecular formula is C28H33BrFN3O7. The van der Waals surface area contributed by atoms with Crippen LogP contribution in [0.4, 0.5) is 10.1 Å². The van der Waals surface area contributed by atoms with Crippen LogP contribution in [0, 0.1) is 11.2 Å². The van der Waals surface area contributed by atoms with Crippen LogP contribution < -0.4 is 19.5 Å². The van der Waals surface area contributed by atoms with Crippen molar-refractivity contribution in [3.63, 3.8) is 0 Å². The molecule has 10 nitrogen and oxygen atoms in total. The lowest BCUT2D eigenvalue weighted by Crippen LogP contribution is -2.39. The molecule has 1 unspecified atom stereocenters. The van der Waals surface area contributed by atoms with Crippen LogP contribution >= 0.6 is 17.0 Å². The minimum atomic E-state index is -1.20. The smallest absolute Gasteiger partial charge is 0.307 e. The molecule has 40 heavy (non-hydrogen) atoms. The van der Waals surface area contributed by atoms with E-state index in [1.807, 2.05) is 20.8 Å². The van der Waals surface area contributed by atoms with E-state index in [9.17, 15) is 14.4 Å². The summed E-state index contributed by atoms with van der Waals surface area (Å²) in [5.74, 6) is -2.46. The van der Waals surface area contributed by atoms with Gasteiger partial charge in [-0.2, -0.15) is 0 Å². The zero-order valence-corrected chi connectivity index (χ0v) is 24.7. The number of rotatable bonds is 9. The van der Waals surface area contributed by atoms with E-state index in [-0.39, 0.29) is 76.6 Å². The monoisotopic (exact) mass is 621 g/mol. The van der Waals surface area contributed by atoms with Crippen molar-refractivity contribution >= 4 is 46.2 Å². The maximum atomic E-state index is 15.4. The predicted octanol–water partition coefficient (Wildman–Crippen LogP) is 4.70. The second-order valence-corrected chi connectivity index (χ2v) is 10.4. The van der Waals surface area contributed by atoms with Gasteiger partial charge in [0.15, 0.2) is 29.2 Å². The van der Waals surface area contributed by atoms with Crippen LogP contribution in [0.2, 0.25) is 0 Å². The van der Waals surface area contributed by atoms with Gasteiger partial charge in [-0.1, -0.05) is 20.8 Å². The Morgan fingerprint density at radius 3 is 2.48 bits per heavy atom. The Balaban J connectivity index is 0.00000441. The summed E-state index contributed by atoms with van der Waals surface area (Å²) in [4.78, 5) is 38.6. The first kappa shape index (κ1) is 30.9. The van der Waals surface area contributed by atoms with Crippen molar-refractivity contribution in [3.05, 3.63) is 46.3 Å². The number of halogens is 2. The highest BCUT2D eigenvalue weighted by Crippen LogP contribution is 2.42. The molecule has 0 fully saturated rings. The van der Waals surface area contributed by atoms with Crippen LogP contribution in [0.5, 0.6) is 17.2 Å². The van der Waals surface area contributed by atoms with Crippen molar-refractivity contribution in [2.75, 3.05) is 25.1 Å². The number of carboxylic acids is 1. The summed E-state index contributed by atoms with van der Waals surface area (Å²) in [6, 6.07) is 4.78. The fraction of sp³-hybridized carbons (Fsp3) is 0.429. The third-order valence-corrected chi connectivity index (χ3v) is 6.50. The molecule has 0 aliphatic carbocycles. The van der Waals surface area contributed by atoms with Crippen molar-refractivity contribution in [1.82, 2.24) is 4.90 Å². The van der Waals surface area contributed by atoms with Crippen LogP contribution in [-0.4, -0.2) is 59.4 Å². The molecule has 0 saturated carbocycles. The molecule has 2 aromatic carbocycles. The standard InChI is InChI=1S/C28H32FN3O7.BrH/c1-6-37-19-10-15-12-32(26(30)22(15)23(29)25(19)38-7-2)13-18(33)14-8-16(28(3,4)5)24-17(9-14)31-27(36)20(39-24)11-21(34)35;/h8-10,20,30H,6-7,11-13H2,1-5H3,(H,31,36)(H,34,35);1H. The van der Waals surface area contributed by atoms with Crippen molar-refractivity contribution in [3.8, 4) is 17.2 Å². The summed E-state index contributed by atoms with van der Waals surface area (Å²) in [7, 11) is 0. The molecule has 4 rings (SSSR count). The number of amidine groups is 1. The fourth-order valence-electron chi connectivity index (χ4n) is 4.69. The molecule has 0 aromatic heterocycles. The number of nitrogens with zero attached hydrogens (tertiary/aromatic N) is 1. The number of hydrogen-bond donors (Lipinski definition) is 3. The van der Waals surface area contributed by atoms with E-state index in [0.29, 0.717) is 23.5 Å². The number of amides is 1. The molecule has 216 valence electrons. The summed E-state index contributed by atoms with van der Waals surface area (Å²) < 4.78 is 32.2. The van der Waals surface area contributed by atoms with E-state index in [1.54, 1.807) is 26.0 Å². The van der Waals surface area contributed by atoms with Gasteiger partial charge in [0, 0.05) is 17.7 Å². The number of nitrogens with one attached hydrogen (secondary N) is 2. The summed E-state index contributed by atoms with van der Waals surface area (Å²) in [5, 5.41) is 20.4. The lowest BCUT2D eigenvalue weighted by Gasteiger charge is -2.31. The molecular weight excluding hydrogens is 589 g/mol. The van der Waals surface area contributed by atoms with Gasteiger partial charge in [-0.15, -0.1) is 17.0 Å². The van der Waals surface area contributed by atoms with Gasteiger partial charge in [0.1, 0.15) is 11.6 Å². The van der Waals surface area contributed by atoms with Crippen molar-refractivity contribution in [1.29, 1.82) is 5.41 Å². The Kier molecular flexibility index (Phi) is 9.13. The summed E-state index contributed by atoms with van der Waals surface area (Å²) in [6.07, 6.45) is -1.70. The number of benzene rings is 2. The van der Waals surface area contributed by atoms with Crippen LogP contribution in [0.1, 0.15) is 68.1 Å². The minimum absolute atomic E-state index is 0. The zero-order chi connectivity index (χ0) is 28.6. The third kappa shape index (κ3) is 5.91. The number of carbonyl (C=O) groups excluding carboxylic acids is 2. The maximum absolute atomic E-state index is 15.4. The summed E-state index contributed by atoms with van der Waals surface area (Å²) >= 11 is 0. The topological polar surface area (TPSA) is 138 Å². The Labute approximate surface area is 242 Å². The number of Topliss-reactive ketones (excluding diaryl/α,β-unsaturated/α-hetero) is 1. The SMILES string of the molecule is Br.CCOc1cc2c(c(F)c1OCC)C(=N)N(CC(=O)c1cc3c(c(C(C)(C)C)c1)OC(CC(=O)O)C(=O)N3)C2. The van der Waals surface area contributed by atoms with Gasteiger partial charge in [0.2, 0.25) is 0 Å². The highest BCUT2D eigenvalue weighted by molar-refractivity contribution is 8.93. The number of anilines is 1. The van der Waals surface area contributed by atoms with E-state index in [4.69, 9.17) is 24.7 Å². The first-order valence-electron chi connectivity index (χ1n) is 12.7. The van der Waals surface area contributed by atoms with E-state index in [0.717, 1.165) is 0 Å². The molecule has 1 amide bonds. The molecule has 0 radical (unpaired) electrons. The Morgan fingerprint density at radius 1 is 1.20 bits per heavy atom. The molecule has 1 atom stereocenters. The average molecular weight is 622 g/mol. The van der Waals surface area contributed by atoms with Gasteiger partial charge in [0.05, 0.1) is 37.4 Å². The molecule has 0 bridgehead atoms. The zero-order valence-electron chi connectivity index (χ0n) is 23.0. The molecule has 2 aliphatic heterocycles. The highest BCUT2D eigenvalue weighted by atomic mass is 79.9. The molecule has 12 heteroatoms. The van der Waals surface area contributed by atoms with Gasteiger partial charge in [-0.25, -0.2) is 4.39 Å². The van der Waals surface area contributed by atoms with Crippen LogP contribution in [0.3, 0.4) is 0 Å². The Morgan fingerprint density at radius 2 is 1.88 bits per heavy atom. The van der Waals surface area contributed by atoms with Crippen molar-refractivity contribution in [2.45, 2.75) is 59.1 Å². The second-order valence-electron chi connectivity index (χ2n) is 10.4. The Hall–Kier alpha value is -3.67. The lowest BCUT2D eigenvalue weighted by atomic mass is 9.84. The van der Waals surface area contributed by atoms with Crippen LogP contribution in [0.25, 0.3) is 0 Å². The average Bonchev–Trinajstić information content (AvgIpc) is 3.15. The number of carboxylic acid groups (broad SMARTS) is 1. The number of fused-ring (bicyclic) bond motifs is 2. The molecule has 0 saturated heterocycles. The summed E-state index contributed by atoms with van der Waals surface area (Å²) in [6.45, 7) is 9.68. The lowest BCUT2D eigenvalue weighted by molar-refractivity contribution is -0.142. The quantitative estimate of drug-likeness (QED) is 0.343. The fourth-order valence-corrected chi connectivity index (χ4v) is 4.69. The van der Waals surface area contributed by atoms with Gasteiger partial charge < -0.3 is 29.5 Å². The number of ether oxygens (including phenoxy) is 3. The first-order valence-corrected chi connectivity index (χ1v) is 12.7. The van der Waals surface area contributed by atoms with E-state index in [2.05, 4.69) is 5.32 Å². The van der Waals surface area contributed by atoms with Crippen LogP contribution in [0.15, 0.2) is 18.2 Å². The minimum Gasteiger partial charge on any atom is -0.490 e. The number of ketones is 1. The second kappa shape index (κ2) is 11.8. The van der Waals surface area contributed by atoms with Crippen molar-refractivity contribution < 1.29 is 38.1 Å². The molecule has 0 spiro atoms. The third-order valence-electron chi connectivity index (χ3n) is 6.50. The molecule has 3 N–H and O–H groups in total. The van der Waals surface area contributed by atoms with Gasteiger partial charge >= 0.3 is 5.97 Å². The Bertz CT molecular complexity index is 1370. The number of hydrogen-bond acceptors (Lipinski definition) is 7. The molecule has 2 heterocycles. The molecule has 2 aromatic rings. The van der Waals surface area contributed by atoms with Gasteiger partial charge in [-0.05, 0) is 43.0 Å². The largest absolute Gasteiger partial charge is 0.490 e. The summed E-state index contributed by atoms with van der Waals surface area (Å²) in [5.41, 5.74) is 1.23. The predicted molar refractivity (Wildman–Crippen MR) is 151 cm³/mol. The normalized spacial score (nSPS) is 15.8. The van der Waals surface area contributed by atoms with Gasteiger partial charge in [-0.3, -0.25) is 19.8 Å². The van der Waals surface area contributed by atoms with E-state index in [1.165, 1.54) is 11.0 Å². The van der Waals surface area contributed by atoms with Gasteiger partial charge in [0.25, 0.3) is 5.91 Å². The first-order chi connectivity index (χ1) is 18.3. The highest BCUT2D eigenvalue weighted by Gasteiger charge is 2.36. The molecule has 2 aliphatic rings. The van der Waals surface area contributed by atoms with E-state index < -0.39 is 35.6 Å². The van der Waals surface area contributed by atoms with Crippen molar-refractivity contribution in [2.24, 2.45) is 0 Å².